The Balaban J connectivity index is 1.14. The predicted molar refractivity (Wildman–Crippen MR) is 174 cm³/mol. The molecule has 1 unspecified atom stereocenters. The van der Waals surface area contributed by atoms with Crippen molar-refractivity contribution in [2.24, 2.45) is 5.92 Å². The highest BCUT2D eigenvalue weighted by Gasteiger charge is 2.42. The number of H-pyrrole nitrogens is 1. The second kappa shape index (κ2) is 13.1. The molecule has 1 amide bonds. The van der Waals surface area contributed by atoms with Crippen molar-refractivity contribution in [1.29, 1.82) is 0 Å². The van der Waals surface area contributed by atoms with E-state index in [1.165, 1.54) is 0 Å². The summed E-state index contributed by atoms with van der Waals surface area (Å²) in [4.78, 5) is 39.2. The third kappa shape index (κ3) is 6.24. The van der Waals surface area contributed by atoms with Gasteiger partial charge in [0, 0.05) is 35.0 Å². The van der Waals surface area contributed by atoms with E-state index in [1.807, 2.05) is 47.4 Å². The molecule has 10 heteroatoms. The molecule has 3 aromatic carbocycles. The number of ketones is 1. The Labute approximate surface area is 268 Å². The van der Waals surface area contributed by atoms with Crippen molar-refractivity contribution in [3.8, 4) is 17.2 Å². The summed E-state index contributed by atoms with van der Waals surface area (Å²) in [5.41, 5.74) is 3.09. The van der Waals surface area contributed by atoms with Crippen LogP contribution >= 0.6 is 11.6 Å². The number of likely N-dealkylation sites (tertiary alicyclic amines) is 2. The minimum Gasteiger partial charge on any atom is -0.493 e. The summed E-state index contributed by atoms with van der Waals surface area (Å²) in [6.07, 6.45) is 3.29. The van der Waals surface area contributed by atoms with Gasteiger partial charge < -0.3 is 29.0 Å². The maximum Gasteiger partial charge on any atom is 0.254 e. The van der Waals surface area contributed by atoms with Crippen LogP contribution in [0.3, 0.4) is 0 Å². The summed E-state index contributed by atoms with van der Waals surface area (Å²) in [5, 5.41) is 0.686. The Morgan fingerprint density at radius 2 is 1.69 bits per heavy atom. The molecule has 45 heavy (non-hydrogen) atoms. The lowest BCUT2D eigenvalue weighted by molar-refractivity contribution is 0.0778. The van der Waals surface area contributed by atoms with Gasteiger partial charge in [-0.3, -0.25) is 9.59 Å². The Morgan fingerprint density at radius 1 is 0.956 bits per heavy atom. The molecule has 1 atom stereocenters. The molecular formula is C35H39ClN4O5. The number of carbonyl (C=O) groups is 2. The molecule has 2 aliphatic heterocycles. The van der Waals surface area contributed by atoms with Gasteiger partial charge >= 0.3 is 0 Å². The number of carbonyl (C=O) groups excluding carboxylic acids is 2. The maximum absolute atomic E-state index is 13.8. The van der Waals surface area contributed by atoms with Crippen molar-refractivity contribution in [1.82, 2.24) is 19.8 Å². The van der Waals surface area contributed by atoms with E-state index in [-0.39, 0.29) is 23.0 Å². The number of piperidine rings is 1. The van der Waals surface area contributed by atoms with E-state index < -0.39 is 0 Å². The van der Waals surface area contributed by atoms with Gasteiger partial charge in [-0.05, 0) is 87.3 Å². The number of aromatic amines is 1. The minimum atomic E-state index is -0.248. The Morgan fingerprint density at radius 3 is 2.36 bits per heavy atom. The zero-order chi connectivity index (χ0) is 31.6. The summed E-state index contributed by atoms with van der Waals surface area (Å²) in [6.45, 7) is 3.75. The Kier molecular flexibility index (Phi) is 9.01. The first-order valence-electron chi connectivity index (χ1n) is 15.4. The van der Waals surface area contributed by atoms with Gasteiger partial charge in [-0.15, -0.1) is 0 Å². The number of aromatic nitrogens is 2. The van der Waals surface area contributed by atoms with Crippen molar-refractivity contribution in [3.05, 3.63) is 82.6 Å². The van der Waals surface area contributed by atoms with Crippen LogP contribution in [-0.2, 0) is 5.41 Å². The molecule has 4 aromatic rings. The van der Waals surface area contributed by atoms with Crippen LogP contribution in [0.15, 0.2) is 60.7 Å². The molecule has 0 bridgehead atoms. The molecule has 6 rings (SSSR count). The average molecular weight is 631 g/mol. The number of Topliss-reactive ketones (excluding diaryl/α,β-unsaturated/α-hetero) is 1. The molecule has 236 valence electrons. The molecule has 0 aliphatic carbocycles. The molecule has 1 aromatic heterocycles. The summed E-state index contributed by atoms with van der Waals surface area (Å²) >= 11 is 6.48. The predicted octanol–water partition coefficient (Wildman–Crippen LogP) is 6.01. The molecule has 0 saturated carbocycles. The normalized spacial score (nSPS) is 19.2. The van der Waals surface area contributed by atoms with E-state index in [1.54, 1.807) is 33.5 Å². The number of imidazole rings is 1. The van der Waals surface area contributed by atoms with E-state index in [4.69, 9.17) is 25.8 Å². The zero-order valence-corrected chi connectivity index (χ0v) is 26.7. The van der Waals surface area contributed by atoms with Gasteiger partial charge in [0.2, 0.25) is 11.5 Å². The highest BCUT2D eigenvalue weighted by atomic mass is 35.5. The number of nitrogens with one attached hydrogen (secondary N) is 1. The van der Waals surface area contributed by atoms with Gasteiger partial charge in [0.15, 0.2) is 17.3 Å². The molecule has 9 nitrogen and oxygen atoms in total. The Hall–Kier alpha value is -4.08. The van der Waals surface area contributed by atoms with E-state index in [0.717, 1.165) is 61.9 Å². The smallest absolute Gasteiger partial charge is 0.254 e. The SMILES string of the molecule is COc1cc(C(=O)N2CCC(CCN3CCC(C(=O)c4nc5ccccc5[nH]4)CC3)(c3cccc(Cl)c3)C2)cc(OC)c1OC. The first kappa shape index (κ1) is 30.9. The minimum absolute atomic E-state index is 0.0400. The summed E-state index contributed by atoms with van der Waals surface area (Å²) in [5.74, 6) is 1.78. The maximum atomic E-state index is 13.8. The quantitative estimate of drug-likeness (QED) is 0.214. The number of hydrogen-bond acceptors (Lipinski definition) is 7. The van der Waals surface area contributed by atoms with Crippen LogP contribution in [-0.4, -0.2) is 85.5 Å². The number of benzene rings is 3. The Bertz CT molecular complexity index is 1640. The van der Waals surface area contributed by atoms with E-state index in [0.29, 0.717) is 46.7 Å². The van der Waals surface area contributed by atoms with E-state index in [9.17, 15) is 9.59 Å². The molecule has 0 spiro atoms. The number of halogens is 1. The van der Waals surface area contributed by atoms with Crippen molar-refractivity contribution in [3.63, 3.8) is 0 Å². The van der Waals surface area contributed by atoms with Gasteiger partial charge in [-0.2, -0.15) is 0 Å². The molecule has 2 fully saturated rings. The fourth-order valence-electron chi connectivity index (χ4n) is 6.89. The second-order valence-electron chi connectivity index (χ2n) is 12.0. The fourth-order valence-corrected chi connectivity index (χ4v) is 7.08. The number of rotatable bonds is 10. The van der Waals surface area contributed by atoms with Gasteiger partial charge in [-0.1, -0.05) is 35.9 Å². The highest BCUT2D eigenvalue weighted by Crippen LogP contribution is 2.42. The number of ether oxygens (including phenoxy) is 3. The molecule has 1 N–H and O–H groups in total. The fraction of sp³-hybridized carbons (Fsp3) is 0.400. The largest absolute Gasteiger partial charge is 0.493 e. The van der Waals surface area contributed by atoms with Gasteiger partial charge in [-0.25, -0.2) is 4.98 Å². The molecule has 2 saturated heterocycles. The third-order valence-corrected chi connectivity index (χ3v) is 9.71. The molecule has 3 heterocycles. The summed E-state index contributed by atoms with van der Waals surface area (Å²) in [6, 6.07) is 19.2. The number of nitrogens with zero attached hydrogens (tertiary/aromatic N) is 3. The van der Waals surface area contributed by atoms with Crippen molar-refractivity contribution in [2.75, 3.05) is 54.1 Å². The monoisotopic (exact) mass is 630 g/mol. The molecule has 2 aliphatic rings. The van der Waals surface area contributed by atoms with Crippen LogP contribution in [0.2, 0.25) is 5.02 Å². The topological polar surface area (TPSA) is 97.0 Å². The van der Waals surface area contributed by atoms with Gasteiger partial charge in [0.1, 0.15) is 0 Å². The lowest BCUT2D eigenvalue weighted by atomic mass is 9.76. The van der Waals surface area contributed by atoms with E-state index >= 15 is 0 Å². The van der Waals surface area contributed by atoms with Crippen molar-refractivity contribution in [2.45, 2.75) is 31.1 Å². The standard InChI is InChI=1S/C35H39ClN4O5/c1-43-29-19-24(20-30(44-2)32(29)45-3)34(42)40-18-14-35(22-40,25-7-6-8-26(36)21-25)13-17-39-15-11-23(12-16-39)31(41)33-37-27-9-4-5-10-28(27)38-33/h4-10,19-21,23H,11-18,22H2,1-3H3,(H,37,38). The summed E-state index contributed by atoms with van der Waals surface area (Å²) in [7, 11) is 4.63. The van der Waals surface area contributed by atoms with E-state index in [2.05, 4.69) is 20.9 Å². The average Bonchev–Trinajstić information content (AvgIpc) is 3.72. The van der Waals surface area contributed by atoms with Crippen molar-refractivity contribution >= 4 is 34.3 Å². The summed E-state index contributed by atoms with van der Waals surface area (Å²) < 4.78 is 16.4. The van der Waals surface area contributed by atoms with Gasteiger partial charge in [0.05, 0.1) is 32.4 Å². The lowest BCUT2D eigenvalue weighted by Crippen LogP contribution is -2.41. The highest BCUT2D eigenvalue weighted by molar-refractivity contribution is 6.30. The number of para-hydroxylation sites is 2. The third-order valence-electron chi connectivity index (χ3n) is 9.48. The lowest BCUT2D eigenvalue weighted by Gasteiger charge is -2.36. The van der Waals surface area contributed by atoms with Crippen LogP contribution < -0.4 is 14.2 Å². The van der Waals surface area contributed by atoms with Crippen LogP contribution in [0, 0.1) is 5.92 Å². The first-order valence-corrected chi connectivity index (χ1v) is 15.8. The molecular weight excluding hydrogens is 592 g/mol. The van der Waals surface area contributed by atoms with Crippen LogP contribution in [0.5, 0.6) is 17.2 Å². The number of methoxy groups -OCH3 is 3. The van der Waals surface area contributed by atoms with Crippen LogP contribution in [0.4, 0.5) is 0 Å². The molecule has 0 radical (unpaired) electrons. The zero-order valence-electron chi connectivity index (χ0n) is 26.0. The van der Waals surface area contributed by atoms with Crippen LogP contribution in [0.25, 0.3) is 11.0 Å². The number of hydrogen-bond donors (Lipinski definition) is 1. The van der Waals surface area contributed by atoms with Crippen LogP contribution in [0.1, 0.15) is 52.2 Å². The number of amides is 1. The second-order valence-corrected chi connectivity index (χ2v) is 12.5. The van der Waals surface area contributed by atoms with Gasteiger partial charge in [0.25, 0.3) is 5.91 Å². The van der Waals surface area contributed by atoms with Crippen molar-refractivity contribution < 1.29 is 23.8 Å². The first-order chi connectivity index (χ1) is 21.8. The number of fused-ring (bicyclic) bond motifs is 1.